The molecule has 1 fully saturated rings. The van der Waals surface area contributed by atoms with Crippen molar-refractivity contribution in [2.45, 2.75) is 52.9 Å². The standard InChI is InChI=1S/C14H23N3O2S/c1-8-6-17(7-9(2)19-8)11(4)13(18)16-14-15-10(3)12(5)20-14/h8-9,11H,6-7H2,1-5H3,(H,15,16,18)/t8-,9+,11-/m0/s1. The number of carbonyl (C=O) groups excluding carboxylic acids is 1. The largest absolute Gasteiger partial charge is 0.373 e. The van der Waals surface area contributed by atoms with Crippen molar-refractivity contribution in [3.63, 3.8) is 0 Å². The van der Waals surface area contributed by atoms with Crippen LogP contribution in [-0.2, 0) is 9.53 Å². The second-order valence-electron chi connectivity index (χ2n) is 5.54. The fraction of sp³-hybridized carbons (Fsp3) is 0.714. The lowest BCUT2D eigenvalue weighted by atomic mass is 10.1. The molecule has 6 heteroatoms. The zero-order chi connectivity index (χ0) is 14.9. The Kier molecular flexibility index (Phi) is 4.78. The first-order chi connectivity index (χ1) is 9.36. The van der Waals surface area contributed by atoms with Crippen LogP contribution in [0.15, 0.2) is 0 Å². The van der Waals surface area contributed by atoms with Crippen LogP contribution in [0.25, 0.3) is 0 Å². The molecule has 1 aliphatic rings. The molecule has 0 unspecified atom stereocenters. The lowest BCUT2D eigenvalue weighted by molar-refractivity contribution is -0.126. The van der Waals surface area contributed by atoms with Gasteiger partial charge in [-0.25, -0.2) is 4.98 Å². The molecule has 0 radical (unpaired) electrons. The Bertz CT molecular complexity index is 459. The van der Waals surface area contributed by atoms with E-state index in [0.717, 1.165) is 23.7 Å². The number of morpholine rings is 1. The normalized spacial score (nSPS) is 25.4. The highest BCUT2D eigenvalue weighted by Gasteiger charge is 2.29. The van der Waals surface area contributed by atoms with Gasteiger partial charge in [0.15, 0.2) is 5.13 Å². The summed E-state index contributed by atoms with van der Waals surface area (Å²) in [6, 6.07) is -0.173. The van der Waals surface area contributed by atoms with E-state index in [2.05, 4.69) is 15.2 Å². The average Bonchev–Trinajstić information content (AvgIpc) is 2.66. The van der Waals surface area contributed by atoms with Crippen LogP contribution in [0.1, 0.15) is 31.3 Å². The van der Waals surface area contributed by atoms with Gasteiger partial charge in [0.1, 0.15) is 0 Å². The maximum Gasteiger partial charge on any atom is 0.243 e. The van der Waals surface area contributed by atoms with Crippen LogP contribution in [0.3, 0.4) is 0 Å². The van der Waals surface area contributed by atoms with Gasteiger partial charge in [-0.15, -0.1) is 11.3 Å². The van der Waals surface area contributed by atoms with Crippen molar-refractivity contribution in [3.05, 3.63) is 10.6 Å². The molecule has 1 aliphatic heterocycles. The van der Waals surface area contributed by atoms with E-state index in [1.54, 1.807) is 0 Å². The summed E-state index contributed by atoms with van der Waals surface area (Å²) < 4.78 is 5.70. The molecule has 3 atom stereocenters. The molecule has 0 aliphatic carbocycles. The van der Waals surface area contributed by atoms with E-state index in [1.165, 1.54) is 11.3 Å². The molecule has 1 saturated heterocycles. The van der Waals surface area contributed by atoms with E-state index < -0.39 is 0 Å². The van der Waals surface area contributed by atoms with Gasteiger partial charge >= 0.3 is 0 Å². The molecule has 0 bridgehead atoms. The van der Waals surface area contributed by atoms with Gasteiger partial charge in [-0.05, 0) is 34.6 Å². The van der Waals surface area contributed by atoms with Crippen LogP contribution in [0.5, 0.6) is 0 Å². The van der Waals surface area contributed by atoms with E-state index >= 15 is 0 Å². The van der Waals surface area contributed by atoms with Crippen molar-refractivity contribution in [3.8, 4) is 0 Å². The zero-order valence-corrected chi connectivity index (χ0v) is 13.6. The third-order valence-electron chi connectivity index (χ3n) is 3.63. The third-order valence-corrected chi connectivity index (χ3v) is 4.62. The van der Waals surface area contributed by atoms with Gasteiger partial charge in [0.2, 0.25) is 5.91 Å². The number of thiazole rings is 1. The van der Waals surface area contributed by atoms with E-state index in [9.17, 15) is 4.79 Å². The van der Waals surface area contributed by atoms with Crippen LogP contribution in [0.4, 0.5) is 5.13 Å². The maximum absolute atomic E-state index is 12.3. The molecule has 1 amide bonds. The SMILES string of the molecule is Cc1nc(NC(=O)[C@H](C)N2C[C@@H](C)O[C@@H](C)C2)sc1C. The number of hydrogen-bond acceptors (Lipinski definition) is 5. The number of ether oxygens (including phenoxy) is 1. The third kappa shape index (κ3) is 3.56. The Morgan fingerprint density at radius 3 is 2.50 bits per heavy atom. The van der Waals surface area contributed by atoms with Crippen molar-refractivity contribution in [1.29, 1.82) is 0 Å². The second kappa shape index (κ2) is 6.20. The number of nitrogens with zero attached hydrogens (tertiary/aromatic N) is 2. The van der Waals surface area contributed by atoms with Crippen molar-refractivity contribution in [1.82, 2.24) is 9.88 Å². The predicted molar refractivity (Wildman–Crippen MR) is 81.3 cm³/mol. The molecule has 1 aromatic rings. The minimum atomic E-state index is -0.173. The molecular formula is C14H23N3O2S. The smallest absolute Gasteiger partial charge is 0.243 e. The summed E-state index contributed by atoms with van der Waals surface area (Å²) in [5.41, 5.74) is 0.978. The van der Waals surface area contributed by atoms with E-state index in [0.29, 0.717) is 5.13 Å². The van der Waals surface area contributed by atoms with Gasteiger partial charge in [0.05, 0.1) is 23.9 Å². The van der Waals surface area contributed by atoms with Gasteiger partial charge in [0.25, 0.3) is 0 Å². The van der Waals surface area contributed by atoms with Crippen LogP contribution >= 0.6 is 11.3 Å². The molecule has 20 heavy (non-hydrogen) atoms. The van der Waals surface area contributed by atoms with Crippen molar-refractivity contribution < 1.29 is 9.53 Å². The monoisotopic (exact) mass is 297 g/mol. The number of amides is 1. The molecule has 0 saturated carbocycles. The molecule has 112 valence electrons. The first-order valence-corrected chi connectivity index (χ1v) is 7.83. The lowest BCUT2D eigenvalue weighted by Crippen LogP contribution is -2.52. The molecule has 1 N–H and O–H groups in total. The molecular weight excluding hydrogens is 274 g/mol. The van der Waals surface area contributed by atoms with Gasteiger partial charge in [-0.3, -0.25) is 9.69 Å². The van der Waals surface area contributed by atoms with E-state index in [-0.39, 0.29) is 24.2 Å². The highest BCUT2D eigenvalue weighted by Crippen LogP contribution is 2.22. The average molecular weight is 297 g/mol. The van der Waals surface area contributed by atoms with Crippen molar-refractivity contribution in [2.24, 2.45) is 0 Å². The summed E-state index contributed by atoms with van der Waals surface area (Å²) >= 11 is 1.52. The quantitative estimate of drug-likeness (QED) is 0.929. The minimum absolute atomic E-state index is 0.0000463. The molecule has 0 aromatic carbocycles. The topological polar surface area (TPSA) is 54.5 Å². The summed E-state index contributed by atoms with van der Waals surface area (Å²) in [6.07, 6.45) is 0.330. The number of rotatable bonds is 3. The van der Waals surface area contributed by atoms with Gasteiger partial charge < -0.3 is 10.1 Å². The number of anilines is 1. The number of nitrogens with one attached hydrogen (secondary N) is 1. The number of aryl methyl sites for hydroxylation is 2. The Morgan fingerprint density at radius 1 is 1.40 bits per heavy atom. The second-order valence-corrected chi connectivity index (χ2v) is 6.74. The summed E-state index contributed by atoms with van der Waals surface area (Å²) in [5.74, 6) is 0.0000463. The molecule has 0 spiro atoms. The number of hydrogen-bond donors (Lipinski definition) is 1. The van der Waals surface area contributed by atoms with E-state index in [4.69, 9.17) is 4.74 Å². The Balaban J connectivity index is 1.97. The highest BCUT2D eigenvalue weighted by molar-refractivity contribution is 7.15. The molecule has 2 heterocycles. The Labute approximate surface area is 124 Å². The summed E-state index contributed by atoms with van der Waals surface area (Å²) in [5, 5.41) is 3.60. The number of carbonyl (C=O) groups is 1. The lowest BCUT2D eigenvalue weighted by Gasteiger charge is -2.38. The summed E-state index contributed by atoms with van der Waals surface area (Å²) in [6.45, 7) is 11.6. The van der Waals surface area contributed by atoms with Crippen molar-refractivity contribution >= 4 is 22.4 Å². The summed E-state index contributed by atoms with van der Waals surface area (Å²) in [7, 11) is 0. The van der Waals surface area contributed by atoms with Crippen LogP contribution in [0, 0.1) is 13.8 Å². The first kappa shape index (κ1) is 15.4. The van der Waals surface area contributed by atoms with Gasteiger partial charge in [0, 0.05) is 18.0 Å². The maximum atomic E-state index is 12.3. The van der Waals surface area contributed by atoms with Gasteiger partial charge in [-0.2, -0.15) is 0 Å². The predicted octanol–water partition coefficient (Wildman–Crippen LogP) is 2.20. The zero-order valence-electron chi connectivity index (χ0n) is 12.8. The van der Waals surface area contributed by atoms with E-state index in [1.807, 2.05) is 34.6 Å². The summed E-state index contributed by atoms with van der Waals surface area (Å²) in [4.78, 5) is 20.0. The molecule has 2 rings (SSSR count). The first-order valence-electron chi connectivity index (χ1n) is 7.01. The Hall–Kier alpha value is -0.980. The Morgan fingerprint density at radius 2 is 2.00 bits per heavy atom. The van der Waals surface area contributed by atoms with Crippen LogP contribution in [-0.4, -0.2) is 47.1 Å². The van der Waals surface area contributed by atoms with Gasteiger partial charge in [-0.1, -0.05) is 0 Å². The van der Waals surface area contributed by atoms with Crippen LogP contribution < -0.4 is 5.32 Å². The fourth-order valence-corrected chi connectivity index (χ4v) is 3.25. The number of aromatic nitrogens is 1. The van der Waals surface area contributed by atoms with Crippen LogP contribution in [0.2, 0.25) is 0 Å². The highest BCUT2D eigenvalue weighted by atomic mass is 32.1. The van der Waals surface area contributed by atoms with Crippen molar-refractivity contribution in [2.75, 3.05) is 18.4 Å². The molecule has 1 aromatic heterocycles. The molecule has 5 nitrogen and oxygen atoms in total. The minimum Gasteiger partial charge on any atom is -0.373 e. The fourth-order valence-electron chi connectivity index (χ4n) is 2.44.